The van der Waals surface area contributed by atoms with Gasteiger partial charge >= 0.3 is 0 Å². The van der Waals surface area contributed by atoms with Crippen LogP contribution in [-0.4, -0.2) is 43.4 Å². The molecule has 4 aromatic rings. The van der Waals surface area contributed by atoms with Gasteiger partial charge in [-0.2, -0.15) is 10.2 Å². The Morgan fingerprint density at radius 2 is 2.06 bits per heavy atom. The maximum Gasteiger partial charge on any atom is 0.163 e. The van der Waals surface area contributed by atoms with Crippen molar-refractivity contribution in [2.24, 2.45) is 0 Å². The number of nitrogen functional groups attached to an aromatic ring is 1. The van der Waals surface area contributed by atoms with Crippen molar-refractivity contribution in [2.45, 2.75) is 38.3 Å². The Balaban J connectivity index is 1.47. The van der Waals surface area contributed by atoms with Gasteiger partial charge in [-0.15, -0.1) is 0 Å². The third-order valence-electron chi connectivity index (χ3n) is 6.29. The summed E-state index contributed by atoms with van der Waals surface area (Å²) in [6.45, 7) is 3.25. The maximum absolute atomic E-state index is 12.3. The van der Waals surface area contributed by atoms with Gasteiger partial charge in [-0.05, 0) is 56.9 Å². The van der Waals surface area contributed by atoms with E-state index in [0.717, 1.165) is 41.5 Å². The molecule has 0 spiro atoms. The van der Waals surface area contributed by atoms with Gasteiger partial charge in [0.15, 0.2) is 5.78 Å². The second kappa shape index (κ2) is 7.18. The Kier molecular flexibility index (Phi) is 4.26. The number of fused-ring (bicyclic) bond motifs is 2. The Morgan fingerprint density at radius 1 is 1.19 bits per heavy atom. The Morgan fingerprint density at radius 3 is 2.81 bits per heavy atom. The molecule has 1 aromatic carbocycles. The van der Waals surface area contributed by atoms with Crippen molar-refractivity contribution in [3.05, 3.63) is 47.4 Å². The van der Waals surface area contributed by atoms with E-state index < -0.39 is 0 Å². The largest absolute Gasteiger partial charge is 0.383 e. The first-order valence-corrected chi connectivity index (χ1v) is 11.0. The van der Waals surface area contributed by atoms with Crippen LogP contribution in [0, 0.1) is 11.8 Å². The number of hydrogen-bond acceptors (Lipinski definition) is 6. The minimum absolute atomic E-state index is 0.0641. The van der Waals surface area contributed by atoms with Crippen molar-refractivity contribution in [3.63, 3.8) is 0 Å². The SMILES string of the molecule is CC(=O)c1cnc(N)c2c(C#Cc3ccc4cn(C5CC5)nc4c3)nn(C3CCNC3)c12. The molecule has 8 heteroatoms. The molecule has 160 valence electrons. The normalized spacial score (nSPS) is 18.2. The predicted molar refractivity (Wildman–Crippen MR) is 122 cm³/mol. The molecule has 1 aliphatic carbocycles. The molecule has 1 aliphatic heterocycles. The standard InChI is InChI=1S/C24H23N7O/c1-14(32)19-12-27-24(25)22-20(29-31(23(19)22)18-8-9-26-11-18)7-3-15-2-4-16-13-30(17-5-6-17)28-21(16)10-15/h2,4,10,12-13,17-18,26H,5-6,8-9,11H2,1H3,(H2,25,27). The van der Waals surface area contributed by atoms with Crippen LogP contribution in [0.15, 0.2) is 30.6 Å². The predicted octanol–water partition coefficient (Wildman–Crippen LogP) is 2.83. The van der Waals surface area contributed by atoms with E-state index in [2.05, 4.69) is 39.1 Å². The van der Waals surface area contributed by atoms with Crippen molar-refractivity contribution in [1.82, 2.24) is 29.9 Å². The van der Waals surface area contributed by atoms with E-state index in [9.17, 15) is 4.79 Å². The number of benzene rings is 1. The van der Waals surface area contributed by atoms with Gasteiger partial charge in [0.05, 0.1) is 34.1 Å². The summed E-state index contributed by atoms with van der Waals surface area (Å²) >= 11 is 0. The van der Waals surface area contributed by atoms with Crippen LogP contribution >= 0.6 is 0 Å². The third-order valence-corrected chi connectivity index (χ3v) is 6.29. The molecule has 8 nitrogen and oxygen atoms in total. The monoisotopic (exact) mass is 425 g/mol. The number of rotatable bonds is 3. The minimum Gasteiger partial charge on any atom is -0.383 e. The van der Waals surface area contributed by atoms with Gasteiger partial charge in [0.2, 0.25) is 0 Å². The smallest absolute Gasteiger partial charge is 0.163 e. The van der Waals surface area contributed by atoms with Crippen LogP contribution in [0.4, 0.5) is 5.82 Å². The summed E-state index contributed by atoms with van der Waals surface area (Å²) in [5.74, 6) is 6.69. The van der Waals surface area contributed by atoms with Crippen LogP contribution in [0.3, 0.4) is 0 Å². The van der Waals surface area contributed by atoms with E-state index in [-0.39, 0.29) is 11.8 Å². The van der Waals surface area contributed by atoms with Gasteiger partial charge in [-0.3, -0.25) is 14.2 Å². The number of aromatic nitrogens is 5. The number of ketones is 1. The van der Waals surface area contributed by atoms with Crippen LogP contribution < -0.4 is 11.1 Å². The molecular weight excluding hydrogens is 402 g/mol. The number of Topliss-reactive ketones (excluding diaryl/α,β-unsaturated/α-hetero) is 1. The average molecular weight is 425 g/mol. The highest BCUT2D eigenvalue weighted by molar-refractivity contribution is 6.09. The number of nitrogens with one attached hydrogen (secondary N) is 1. The van der Waals surface area contributed by atoms with E-state index in [0.29, 0.717) is 28.5 Å². The summed E-state index contributed by atoms with van der Waals surface area (Å²) in [5, 5.41) is 14.6. The van der Waals surface area contributed by atoms with Crippen molar-refractivity contribution < 1.29 is 4.79 Å². The Bertz CT molecular complexity index is 1440. The first kappa shape index (κ1) is 19.0. The number of anilines is 1. The second-order valence-electron chi connectivity index (χ2n) is 8.64. The zero-order valence-corrected chi connectivity index (χ0v) is 17.8. The van der Waals surface area contributed by atoms with Gasteiger partial charge in [0, 0.05) is 29.9 Å². The zero-order valence-electron chi connectivity index (χ0n) is 17.8. The number of nitrogens with zero attached hydrogens (tertiary/aromatic N) is 5. The lowest BCUT2D eigenvalue weighted by Gasteiger charge is -2.12. The summed E-state index contributed by atoms with van der Waals surface area (Å²) in [4.78, 5) is 16.6. The molecule has 2 fully saturated rings. The molecule has 3 N–H and O–H groups in total. The molecular formula is C24H23N7O. The molecule has 4 heterocycles. The van der Waals surface area contributed by atoms with Crippen LogP contribution in [0.2, 0.25) is 0 Å². The Labute approximate surface area is 184 Å². The van der Waals surface area contributed by atoms with Crippen LogP contribution in [0.5, 0.6) is 0 Å². The van der Waals surface area contributed by atoms with Gasteiger partial charge in [-0.1, -0.05) is 5.92 Å². The first-order chi connectivity index (χ1) is 15.6. The number of hydrogen-bond donors (Lipinski definition) is 2. The van der Waals surface area contributed by atoms with Crippen LogP contribution in [-0.2, 0) is 0 Å². The molecule has 3 aromatic heterocycles. The van der Waals surface area contributed by atoms with Crippen molar-refractivity contribution in [3.8, 4) is 11.8 Å². The van der Waals surface area contributed by atoms with Crippen molar-refractivity contribution >= 4 is 33.4 Å². The van der Waals surface area contributed by atoms with Gasteiger partial charge in [0.25, 0.3) is 0 Å². The number of carbonyl (C=O) groups excluding carboxylic acids is 1. The highest BCUT2D eigenvalue weighted by Gasteiger charge is 2.26. The second-order valence-corrected chi connectivity index (χ2v) is 8.64. The molecule has 6 rings (SSSR count). The maximum atomic E-state index is 12.3. The highest BCUT2D eigenvalue weighted by atomic mass is 16.1. The van der Waals surface area contributed by atoms with Crippen LogP contribution in [0.1, 0.15) is 59.9 Å². The lowest BCUT2D eigenvalue weighted by atomic mass is 10.1. The molecule has 0 bridgehead atoms. The molecule has 1 unspecified atom stereocenters. The fraction of sp³-hybridized carbons (Fsp3) is 0.333. The molecule has 0 amide bonds. The van der Waals surface area contributed by atoms with E-state index in [1.165, 1.54) is 19.8 Å². The lowest BCUT2D eigenvalue weighted by molar-refractivity contribution is 0.101. The molecule has 0 radical (unpaired) electrons. The molecule has 1 saturated carbocycles. The highest BCUT2D eigenvalue weighted by Crippen LogP contribution is 2.35. The summed E-state index contributed by atoms with van der Waals surface area (Å²) in [6, 6.07) is 6.75. The van der Waals surface area contributed by atoms with Gasteiger partial charge in [0.1, 0.15) is 11.5 Å². The third kappa shape index (κ3) is 3.13. The van der Waals surface area contributed by atoms with E-state index >= 15 is 0 Å². The summed E-state index contributed by atoms with van der Waals surface area (Å²) in [5.41, 5.74) is 9.84. The van der Waals surface area contributed by atoms with Gasteiger partial charge in [-0.25, -0.2) is 4.98 Å². The van der Waals surface area contributed by atoms with Crippen LogP contribution in [0.25, 0.3) is 21.8 Å². The quantitative estimate of drug-likeness (QED) is 0.386. The molecule has 32 heavy (non-hydrogen) atoms. The van der Waals surface area contributed by atoms with Gasteiger partial charge < -0.3 is 11.1 Å². The van der Waals surface area contributed by atoms with E-state index in [4.69, 9.17) is 15.9 Å². The van der Waals surface area contributed by atoms with E-state index in [1.54, 1.807) is 6.20 Å². The molecule has 1 saturated heterocycles. The minimum atomic E-state index is -0.0641. The number of nitrogens with two attached hydrogens (primary N) is 1. The summed E-state index contributed by atoms with van der Waals surface area (Å²) in [6.07, 6.45) is 6.98. The lowest BCUT2D eigenvalue weighted by Crippen LogP contribution is -2.15. The number of carbonyl (C=O) groups is 1. The fourth-order valence-electron chi connectivity index (χ4n) is 4.42. The van der Waals surface area contributed by atoms with Crippen molar-refractivity contribution in [1.29, 1.82) is 0 Å². The first-order valence-electron chi connectivity index (χ1n) is 11.0. The zero-order chi connectivity index (χ0) is 21.8. The number of pyridine rings is 1. The topological polar surface area (TPSA) is 104 Å². The van der Waals surface area contributed by atoms with Crippen molar-refractivity contribution in [2.75, 3.05) is 18.8 Å². The van der Waals surface area contributed by atoms with E-state index in [1.807, 2.05) is 16.8 Å². The average Bonchev–Trinajstić information content (AvgIpc) is 3.18. The summed E-state index contributed by atoms with van der Waals surface area (Å²) < 4.78 is 3.97. The molecule has 1 atom stereocenters. The Hall–Kier alpha value is -3.70. The fourth-order valence-corrected chi connectivity index (χ4v) is 4.42. The summed E-state index contributed by atoms with van der Waals surface area (Å²) in [7, 11) is 0. The molecule has 2 aliphatic rings.